The minimum absolute atomic E-state index is 0. The fourth-order valence-electron chi connectivity index (χ4n) is 2.01. The first-order chi connectivity index (χ1) is 8.56. The van der Waals surface area contributed by atoms with Crippen molar-refractivity contribution in [1.29, 1.82) is 0 Å². The van der Waals surface area contributed by atoms with E-state index in [2.05, 4.69) is 0 Å². The first-order valence-corrected chi connectivity index (χ1v) is 5.22. The molecule has 2 aromatic rings. The van der Waals surface area contributed by atoms with Crippen molar-refractivity contribution in [2.45, 2.75) is 6.92 Å². The molecule has 0 spiro atoms. The number of fused-ring (bicyclic) bond motifs is 1. The average Bonchev–Trinajstić information content (AvgIpc) is 2.35. The summed E-state index contributed by atoms with van der Waals surface area (Å²) in [5, 5.41) is 11.8. The number of Topliss-reactive ketones (excluding diaryl/α,β-unsaturated/α-hetero) is 1. The van der Waals surface area contributed by atoms with Crippen LogP contribution >= 0.6 is 0 Å². The van der Waals surface area contributed by atoms with Gasteiger partial charge in [-0.25, -0.2) is 0 Å². The SMILES string of the molecule is CC(=O)c1c(C=O)cc([N+](=O)[O-])c2ccccc12.[Cl-].[Cl-].[Cl-].[V]. The van der Waals surface area contributed by atoms with Crippen LogP contribution in [0.2, 0.25) is 0 Å². The summed E-state index contributed by atoms with van der Waals surface area (Å²) in [7, 11) is 0. The second-order valence-corrected chi connectivity index (χ2v) is 3.84. The number of hydrogen-bond donors (Lipinski definition) is 0. The van der Waals surface area contributed by atoms with E-state index in [1.54, 1.807) is 24.3 Å². The Bertz CT molecular complexity index is 694. The van der Waals surface area contributed by atoms with Crippen molar-refractivity contribution in [2.24, 2.45) is 0 Å². The van der Waals surface area contributed by atoms with Gasteiger partial charge in [-0.15, -0.1) is 0 Å². The maximum atomic E-state index is 11.6. The predicted molar refractivity (Wildman–Crippen MR) is 66.0 cm³/mol. The fraction of sp³-hybridized carbons (Fsp3) is 0.0769. The molecule has 119 valence electrons. The predicted octanol–water partition coefficient (Wildman–Crippen LogP) is -6.23. The van der Waals surface area contributed by atoms with Gasteiger partial charge in [-0.1, -0.05) is 18.2 Å². The van der Waals surface area contributed by atoms with Crippen molar-refractivity contribution < 1.29 is 70.3 Å². The molecule has 0 aliphatic heterocycles. The Morgan fingerprint density at radius 1 is 1.14 bits per heavy atom. The zero-order valence-corrected chi connectivity index (χ0v) is 14.8. The molecule has 0 aromatic heterocycles. The van der Waals surface area contributed by atoms with Crippen molar-refractivity contribution in [2.75, 3.05) is 0 Å². The second-order valence-electron chi connectivity index (χ2n) is 3.84. The quantitative estimate of drug-likeness (QED) is 0.222. The van der Waals surface area contributed by atoms with Crippen LogP contribution in [0.4, 0.5) is 5.69 Å². The third-order valence-corrected chi connectivity index (χ3v) is 2.73. The molecule has 0 fully saturated rings. The van der Waals surface area contributed by atoms with Gasteiger partial charge in [0.25, 0.3) is 5.69 Å². The van der Waals surface area contributed by atoms with E-state index < -0.39 is 4.92 Å². The zero-order valence-electron chi connectivity index (χ0n) is 11.1. The zero-order chi connectivity index (χ0) is 13.3. The van der Waals surface area contributed by atoms with Gasteiger partial charge in [-0.05, 0) is 13.0 Å². The summed E-state index contributed by atoms with van der Waals surface area (Å²) in [5.74, 6) is -0.289. The van der Waals surface area contributed by atoms with Crippen LogP contribution in [0.5, 0.6) is 0 Å². The third-order valence-electron chi connectivity index (χ3n) is 2.73. The van der Waals surface area contributed by atoms with Gasteiger partial charge in [-0.3, -0.25) is 19.7 Å². The molecule has 0 bridgehead atoms. The number of carbonyl (C=O) groups is 2. The fourth-order valence-corrected chi connectivity index (χ4v) is 2.01. The number of hydrogen-bond acceptors (Lipinski definition) is 4. The minimum Gasteiger partial charge on any atom is -1.00 e. The summed E-state index contributed by atoms with van der Waals surface area (Å²) in [6.07, 6.45) is 0.468. The molecule has 9 heteroatoms. The topological polar surface area (TPSA) is 77.3 Å². The number of non-ortho nitro benzene ring substituents is 1. The Kier molecular flexibility index (Phi) is 12.4. The van der Waals surface area contributed by atoms with Crippen LogP contribution < -0.4 is 37.2 Å². The normalized spacial score (nSPS) is 8.41. The summed E-state index contributed by atoms with van der Waals surface area (Å²) >= 11 is 0. The first kappa shape index (κ1) is 25.8. The molecular weight excluding hydrogens is 391 g/mol. The van der Waals surface area contributed by atoms with E-state index in [0.717, 1.165) is 6.07 Å². The van der Waals surface area contributed by atoms with E-state index in [1.807, 2.05) is 0 Å². The van der Waals surface area contributed by atoms with E-state index in [4.69, 9.17) is 0 Å². The molecule has 5 nitrogen and oxygen atoms in total. The van der Waals surface area contributed by atoms with Gasteiger partial charge in [0.2, 0.25) is 0 Å². The average molecular weight is 401 g/mol. The van der Waals surface area contributed by atoms with Crippen LogP contribution in [0.15, 0.2) is 30.3 Å². The molecule has 0 saturated carbocycles. The number of nitrogens with zero attached hydrogens (tertiary/aromatic N) is 1. The maximum absolute atomic E-state index is 11.6. The van der Waals surface area contributed by atoms with Crippen molar-refractivity contribution in [3.8, 4) is 0 Å². The van der Waals surface area contributed by atoms with Gasteiger partial charge < -0.3 is 37.2 Å². The Labute approximate surface area is 157 Å². The van der Waals surface area contributed by atoms with E-state index in [1.165, 1.54) is 6.92 Å². The van der Waals surface area contributed by atoms with Gasteiger partial charge in [0.05, 0.1) is 10.3 Å². The van der Waals surface area contributed by atoms with Crippen LogP contribution in [0.3, 0.4) is 0 Å². The molecule has 2 aromatic carbocycles. The molecule has 0 atom stereocenters. The molecule has 2 rings (SSSR count). The van der Waals surface area contributed by atoms with Gasteiger partial charge in [-0.2, -0.15) is 0 Å². The minimum atomic E-state index is -0.556. The van der Waals surface area contributed by atoms with Crippen LogP contribution in [0.25, 0.3) is 10.8 Å². The van der Waals surface area contributed by atoms with Gasteiger partial charge in [0.1, 0.15) is 0 Å². The molecule has 1 radical (unpaired) electrons. The standard InChI is InChI=1S/C13H9NO4.3ClH.V/c1-8(16)13-9(7-15)6-12(14(17)18)10-4-2-3-5-11(10)13;;;;/h2-7H,1H3;3*1H;/p-3. The van der Waals surface area contributed by atoms with Crippen LogP contribution in [0.1, 0.15) is 27.6 Å². The molecule has 0 heterocycles. The van der Waals surface area contributed by atoms with Crippen molar-refractivity contribution in [3.05, 3.63) is 51.6 Å². The Hall–Kier alpha value is -1.11. The number of carbonyl (C=O) groups excluding carboxylic acids is 2. The summed E-state index contributed by atoms with van der Waals surface area (Å²) in [4.78, 5) is 33.0. The van der Waals surface area contributed by atoms with Gasteiger partial charge >= 0.3 is 0 Å². The van der Waals surface area contributed by atoms with E-state index >= 15 is 0 Å². The van der Waals surface area contributed by atoms with Crippen LogP contribution in [0, 0.1) is 10.1 Å². The number of nitro benzene ring substituents is 1. The van der Waals surface area contributed by atoms with E-state index in [0.29, 0.717) is 17.1 Å². The molecule has 0 unspecified atom stereocenters. The second kappa shape index (κ2) is 10.6. The molecule has 0 aliphatic carbocycles. The van der Waals surface area contributed by atoms with E-state index in [9.17, 15) is 19.7 Å². The Morgan fingerprint density at radius 2 is 1.64 bits per heavy atom. The van der Waals surface area contributed by atoms with Crippen molar-refractivity contribution in [3.63, 3.8) is 0 Å². The monoisotopic (exact) mass is 399 g/mol. The van der Waals surface area contributed by atoms with Crippen molar-refractivity contribution in [1.82, 2.24) is 0 Å². The smallest absolute Gasteiger partial charge is 0.277 e. The van der Waals surface area contributed by atoms with E-state index in [-0.39, 0.29) is 78.4 Å². The molecule has 22 heavy (non-hydrogen) atoms. The molecule has 0 saturated heterocycles. The summed E-state index contributed by atoms with van der Waals surface area (Å²) in [5.41, 5.74) is 0.108. The summed E-state index contributed by atoms with van der Waals surface area (Å²) in [6, 6.07) is 7.64. The first-order valence-electron chi connectivity index (χ1n) is 5.22. The van der Waals surface area contributed by atoms with Crippen LogP contribution in [-0.4, -0.2) is 17.0 Å². The number of rotatable bonds is 3. The summed E-state index contributed by atoms with van der Waals surface area (Å²) in [6.45, 7) is 1.33. The van der Waals surface area contributed by atoms with Crippen LogP contribution in [-0.2, 0) is 18.6 Å². The summed E-state index contributed by atoms with van der Waals surface area (Å²) < 4.78 is 0. The number of halogens is 3. The molecule has 0 amide bonds. The van der Waals surface area contributed by atoms with Crippen molar-refractivity contribution >= 4 is 28.5 Å². The third kappa shape index (κ3) is 4.70. The molecule has 0 aliphatic rings. The largest absolute Gasteiger partial charge is 1.00 e. The van der Waals surface area contributed by atoms with Gasteiger partial charge in [0.15, 0.2) is 12.1 Å². The Balaban J connectivity index is -0.000000902. The number of nitro groups is 1. The maximum Gasteiger partial charge on any atom is 0.277 e. The number of ketones is 1. The van der Waals surface area contributed by atoms with Gasteiger partial charge in [0, 0.05) is 41.1 Å². The molecule has 0 N–H and O–H groups in total. The molecular formula is C13H9Cl3NO4V-3. The number of aldehydes is 1. The number of benzene rings is 2. The Morgan fingerprint density at radius 3 is 2.05 bits per heavy atom.